The zero-order valence-electron chi connectivity index (χ0n) is 19.9. The number of hydrogen-bond donors (Lipinski definition) is 2. The van der Waals surface area contributed by atoms with Gasteiger partial charge in [-0.15, -0.1) is 0 Å². The molecule has 5 rings (SSSR count). The number of imidazole rings is 1. The van der Waals surface area contributed by atoms with E-state index in [-0.39, 0.29) is 5.92 Å². The summed E-state index contributed by atoms with van der Waals surface area (Å²) in [6.07, 6.45) is 5.08. The lowest BCUT2D eigenvalue weighted by molar-refractivity contribution is 0.194. The van der Waals surface area contributed by atoms with Gasteiger partial charge >= 0.3 is 6.09 Å². The number of rotatable bonds is 9. The molecular formula is C30H28N4O2. The molecule has 0 spiro atoms. The van der Waals surface area contributed by atoms with E-state index in [1.807, 2.05) is 67.1 Å². The van der Waals surface area contributed by atoms with E-state index in [1.54, 1.807) is 0 Å². The van der Waals surface area contributed by atoms with Gasteiger partial charge in [-0.05, 0) is 41.9 Å². The van der Waals surface area contributed by atoms with Crippen LogP contribution < -0.4 is 5.32 Å². The van der Waals surface area contributed by atoms with Crippen molar-refractivity contribution in [2.75, 3.05) is 6.54 Å². The van der Waals surface area contributed by atoms with Crippen molar-refractivity contribution in [1.29, 1.82) is 5.26 Å². The lowest BCUT2D eigenvalue weighted by atomic mass is 9.76. The minimum Gasteiger partial charge on any atom is -0.465 e. The van der Waals surface area contributed by atoms with E-state index in [2.05, 4.69) is 52.4 Å². The Hall–Kier alpha value is -4.37. The number of carbonyl (C=O) groups is 1. The summed E-state index contributed by atoms with van der Waals surface area (Å²) in [6.45, 7) is 0.390. The normalized spacial score (nSPS) is 18.8. The molecule has 36 heavy (non-hydrogen) atoms. The maximum absolute atomic E-state index is 10.7. The average Bonchev–Trinajstić information content (AvgIpc) is 3.43. The molecule has 1 saturated carbocycles. The number of aromatic nitrogens is 2. The molecule has 0 saturated heterocycles. The highest BCUT2D eigenvalue weighted by molar-refractivity contribution is 5.64. The van der Waals surface area contributed by atoms with Crippen molar-refractivity contribution in [2.45, 2.75) is 30.2 Å². The number of amides is 1. The second kappa shape index (κ2) is 9.71. The molecule has 0 aliphatic heterocycles. The molecule has 3 aromatic carbocycles. The molecule has 180 valence electrons. The highest BCUT2D eigenvalue weighted by atomic mass is 16.4. The van der Waals surface area contributed by atoms with E-state index in [9.17, 15) is 10.1 Å². The van der Waals surface area contributed by atoms with Gasteiger partial charge in [0.05, 0.1) is 18.1 Å². The van der Waals surface area contributed by atoms with Gasteiger partial charge in [-0.25, -0.2) is 9.78 Å². The molecule has 4 aromatic rings. The molecule has 0 radical (unpaired) electrons. The van der Waals surface area contributed by atoms with Gasteiger partial charge in [0.1, 0.15) is 11.0 Å². The summed E-state index contributed by atoms with van der Waals surface area (Å²) in [4.78, 5) is 15.5. The molecule has 1 heterocycles. The Morgan fingerprint density at radius 1 is 1.00 bits per heavy atom. The van der Waals surface area contributed by atoms with Gasteiger partial charge in [0.25, 0.3) is 0 Å². The Labute approximate surface area is 210 Å². The Morgan fingerprint density at radius 3 is 2.00 bits per heavy atom. The van der Waals surface area contributed by atoms with Crippen molar-refractivity contribution in [3.8, 4) is 6.07 Å². The van der Waals surface area contributed by atoms with Crippen LogP contribution in [-0.4, -0.2) is 27.3 Å². The van der Waals surface area contributed by atoms with Crippen molar-refractivity contribution >= 4 is 6.09 Å². The van der Waals surface area contributed by atoms with Crippen molar-refractivity contribution < 1.29 is 9.90 Å². The van der Waals surface area contributed by atoms with Gasteiger partial charge in [0.15, 0.2) is 0 Å². The van der Waals surface area contributed by atoms with E-state index < -0.39 is 17.0 Å². The number of hydrogen-bond acceptors (Lipinski definition) is 3. The summed E-state index contributed by atoms with van der Waals surface area (Å²) in [7, 11) is 0. The van der Waals surface area contributed by atoms with E-state index >= 15 is 0 Å². The number of benzene rings is 3. The molecule has 1 aliphatic rings. The second-order valence-electron chi connectivity index (χ2n) is 9.33. The predicted molar refractivity (Wildman–Crippen MR) is 137 cm³/mol. The number of nitriles is 1. The first-order valence-electron chi connectivity index (χ1n) is 12.2. The third-order valence-electron chi connectivity index (χ3n) is 7.31. The molecule has 2 atom stereocenters. The highest BCUT2D eigenvalue weighted by Gasteiger charge is 2.57. The average molecular weight is 477 g/mol. The van der Waals surface area contributed by atoms with Crippen LogP contribution in [0.15, 0.2) is 104 Å². The van der Waals surface area contributed by atoms with Gasteiger partial charge in [-0.1, -0.05) is 91.0 Å². The van der Waals surface area contributed by atoms with Gasteiger partial charge in [0.2, 0.25) is 0 Å². The molecule has 1 aromatic heterocycles. The van der Waals surface area contributed by atoms with Crippen LogP contribution in [-0.2, 0) is 11.0 Å². The van der Waals surface area contributed by atoms with Crippen LogP contribution in [0.25, 0.3) is 0 Å². The van der Waals surface area contributed by atoms with Crippen LogP contribution in [0.1, 0.15) is 41.6 Å². The van der Waals surface area contributed by atoms with Crippen molar-refractivity contribution in [2.24, 2.45) is 5.92 Å². The third kappa shape index (κ3) is 4.03. The minimum absolute atomic E-state index is 0.168. The number of nitrogens with zero attached hydrogens (tertiary/aromatic N) is 3. The van der Waals surface area contributed by atoms with E-state index in [1.165, 1.54) is 0 Å². The first kappa shape index (κ1) is 23.4. The van der Waals surface area contributed by atoms with Crippen molar-refractivity contribution in [3.63, 3.8) is 0 Å². The SMILES string of the molecule is N#C[C@@]1(c2cn(C(c3ccccc3)(c3ccccc3)c3ccccc3)cn2)C[C@H]1CCCNC(=O)O. The van der Waals surface area contributed by atoms with Crippen LogP contribution in [0.3, 0.4) is 0 Å². The fourth-order valence-electron chi connectivity index (χ4n) is 5.45. The highest BCUT2D eigenvalue weighted by Crippen LogP contribution is 2.56. The van der Waals surface area contributed by atoms with Gasteiger partial charge in [-0.2, -0.15) is 5.26 Å². The topological polar surface area (TPSA) is 90.9 Å². The minimum atomic E-state index is -1.02. The second-order valence-corrected chi connectivity index (χ2v) is 9.33. The van der Waals surface area contributed by atoms with Crippen LogP contribution in [0, 0.1) is 17.2 Å². The first-order valence-corrected chi connectivity index (χ1v) is 12.2. The van der Waals surface area contributed by atoms with Gasteiger partial charge in [0, 0.05) is 12.7 Å². The quantitative estimate of drug-likeness (QED) is 0.245. The van der Waals surface area contributed by atoms with E-state index in [4.69, 9.17) is 10.1 Å². The van der Waals surface area contributed by atoms with Crippen LogP contribution in [0.5, 0.6) is 0 Å². The first-order chi connectivity index (χ1) is 17.6. The monoisotopic (exact) mass is 476 g/mol. The van der Waals surface area contributed by atoms with Gasteiger partial charge < -0.3 is 15.0 Å². The van der Waals surface area contributed by atoms with E-state index in [0.717, 1.165) is 35.2 Å². The molecule has 1 fully saturated rings. The fourth-order valence-corrected chi connectivity index (χ4v) is 5.45. The summed E-state index contributed by atoms with van der Waals surface area (Å²) in [6, 6.07) is 33.7. The van der Waals surface area contributed by atoms with Crippen LogP contribution in [0.2, 0.25) is 0 Å². The van der Waals surface area contributed by atoms with Crippen LogP contribution >= 0.6 is 0 Å². The summed E-state index contributed by atoms with van der Waals surface area (Å²) in [5.41, 5.74) is 2.78. The smallest absolute Gasteiger partial charge is 0.404 e. The molecule has 6 heteroatoms. The van der Waals surface area contributed by atoms with E-state index in [0.29, 0.717) is 13.0 Å². The zero-order chi connectivity index (χ0) is 25.0. The standard InChI is InChI=1S/C30H28N4O2/c31-21-29(19-26(29)17-10-18-32-28(35)36)27-20-34(22-33-27)30(23-11-4-1-5-12-23,24-13-6-2-7-14-24)25-15-8-3-9-16-25/h1-9,11-16,20,22,26,32H,10,17-19H2,(H,35,36)/t26-,29+/m1/s1. The molecule has 1 amide bonds. The molecular weight excluding hydrogens is 448 g/mol. The fraction of sp³-hybridized carbons (Fsp3) is 0.233. The molecule has 6 nitrogen and oxygen atoms in total. The van der Waals surface area contributed by atoms with Gasteiger partial charge in [-0.3, -0.25) is 0 Å². The molecule has 2 N–H and O–H groups in total. The maximum Gasteiger partial charge on any atom is 0.404 e. The maximum atomic E-state index is 10.7. The molecule has 0 bridgehead atoms. The Kier molecular flexibility index (Phi) is 6.30. The Morgan fingerprint density at radius 2 is 1.53 bits per heavy atom. The summed E-state index contributed by atoms with van der Waals surface area (Å²) >= 11 is 0. The number of carboxylic acid groups (broad SMARTS) is 1. The van der Waals surface area contributed by atoms with Crippen LogP contribution in [0.4, 0.5) is 4.79 Å². The summed E-state index contributed by atoms with van der Waals surface area (Å²) in [5, 5.41) is 21.4. The van der Waals surface area contributed by atoms with Crippen molar-refractivity contribution in [3.05, 3.63) is 126 Å². The Bertz CT molecular complexity index is 1270. The molecule has 0 unspecified atom stereocenters. The Balaban J connectivity index is 1.58. The zero-order valence-corrected chi connectivity index (χ0v) is 19.9. The number of nitrogens with one attached hydrogen (secondary N) is 1. The third-order valence-corrected chi connectivity index (χ3v) is 7.31. The lowest BCUT2D eigenvalue weighted by Gasteiger charge is -2.37. The molecule has 1 aliphatic carbocycles. The lowest BCUT2D eigenvalue weighted by Crippen LogP contribution is -2.37. The largest absolute Gasteiger partial charge is 0.465 e. The van der Waals surface area contributed by atoms with Crippen molar-refractivity contribution in [1.82, 2.24) is 14.9 Å². The predicted octanol–water partition coefficient (Wildman–Crippen LogP) is 5.55. The summed E-state index contributed by atoms with van der Waals surface area (Å²) in [5.74, 6) is 0.168. The summed E-state index contributed by atoms with van der Waals surface area (Å²) < 4.78 is 2.14.